The maximum atomic E-state index is 5.88. The lowest BCUT2D eigenvalue weighted by Gasteiger charge is -2.50. The van der Waals surface area contributed by atoms with Crippen molar-refractivity contribution in [2.75, 3.05) is 6.61 Å². The van der Waals surface area contributed by atoms with Crippen molar-refractivity contribution in [2.45, 2.75) is 90.6 Å². The van der Waals surface area contributed by atoms with Gasteiger partial charge < -0.3 is 4.74 Å². The molecule has 1 heterocycles. The summed E-state index contributed by atoms with van der Waals surface area (Å²) in [6.45, 7) is 8.23. The van der Waals surface area contributed by atoms with E-state index in [9.17, 15) is 0 Å². The number of epoxide rings is 1. The van der Waals surface area contributed by atoms with Gasteiger partial charge in [-0.2, -0.15) is 0 Å². The molecule has 1 aliphatic heterocycles. The zero-order valence-corrected chi connectivity index (χ0v) is 15.6. The quantitative estimate of drug-likeness (QED) is 0.448. The lowest BCUT2D eigenvalue weighted by atomic mass is 9.54. The highest BCUT2D eigenvalue weighted by molar-refractivity contribution is 5.22. The summed E-state index contributed by atoms with van der Waals surface area (Å²) in [5.41, 5.74) is 2.67. The van der Waals surface area contributed by atoms with E-state index in [-0.39, 0.29) is 0 Å². The summed E-state index contributed by atoms with van der Waals surface area (Å²) in [5.74, 6) is 4.01. The molecule has 0 aromatic rings. The largest absolute Gasteiger partial charge is 0.370 e. The monoisotopic (exact) mass is 316 g/mol. The molecule has 6 atom stereocenters. The van der Waals surface area contributed by atoms with Gasteiger partial charge in [-0.25, -0.2) is 0 Å². The smallest absolute Gasteiger partial charge is 0.0919 e. The molecule has 23 heavy (non-hydrogen) atoms. The summed E-state index contributed by atoms with van der Waals surface area (Å²) in [6.07, 6.45) is 16.7. The van der Waals surface area contributed by atoms with Crippen molar-refractivity contribution in [3.05, 3.63) is 11.6 Å². The molecule has 0 radical (unpaired) electrons. The predicted octanol–water partition coefficient (Wildman–Crippen LogP) is 6.13. The van der Waals surface area contributed by atoms with Gasteiger partial charge in [-0.3, -0.25) is 0 Å². The number of allylic oxidation sites excluding steroid dienone is 2. The minimum Gasteiger partial charge on any atom is -0.370 e. The van der Waals surface area contributed by atoms with Gasteiger partial charge >= 0.3 is 0 Å². The van der Waals surface area contributed by atoms with Crippen LogP contribution in [0.5, 0.6) is 0 Å². The Morgan fingerprint density at radius 2 is 2.04 bits per heavy atom. The molecule has 0 amide bonds. The van der Waals surface area contributed by atoms with Gasteiger partial charge in [0.25, 0.3) is 0 Å². The molecule has 130 valence electrons. The summed E-state index contributed by atoms with van der Waals surface area (Å²) < 4.78 is 5.88. The Bertz CT molecular complexity index is 474. The van der Waals surface area contributed by atoms with Crippen LogP contribution in [0.1, 0.15) is 85.0 Å². The van der Waals surface area contributed by atoms with Crippen LogP contribution in [0.15, 0.2) is 11.6 Å². The van der Waals surface area contributed by atoms with E-state index in [1.807, 2.05) is 0 Å². The number of rotatable bonds is 4. The van der Waals surface area contributed by atoms with Gasteiger partial charge in [-0.05, 0) is 87.4 Å². The van der Waals surface area contributed by atoms with Crippen LogP contribution in [-0.4, -0.2) is 12.2 Å². The van der Waals surface area contributed by atoms with Crippen LogP contribution in [0.4, 0.5) is 0 Å². The molecule has 1 saturated heterocycles. The Labute approximate surface area is 143 Å². The zero-order valence-electron chi connectivity index (χ0n) is 15.6. The Balaban J connectivity index is 1.41. The molecular formula is C22H36O. The molecule has 4 rings (SSSR count). The first-order valence-electron chi connectivity index (χ1n) is 10.4. The summed E-state index contributed by atoms with van der Waals surface area (Å²) in [5, 5.41) is 0. The van der Waals surface area contributed by atoms with Crippen molar-refractivity contribution >= 4 is 0 Å². The third kappa shape index (κ3) is 2.71. The van der Waals surface area contributed by atoms with Crippen LogP contribution in [0.3, 0.4) is 0 Å². The van der Waals surface area contributed by atoms with Crippen molar-refractivity contribution in [2.24, 2.45) is 29.1 Å². The molecule has 3 aliphatic carbocycles. The van der Waals surface area contributed by atoms with Crippen molar-refractivity contribution in [1.29, 1.82) is 0 Å². The first-order chi connectivity index (χ1) is 11.1. The van der Waals surface area contributed by atoms with Crippen molar-refractivity contribution in [1.82, 2.24) is 0 Å². The summed E-state index contributed by atoms with van der Waals surface area (Å²) in [7, 11) is 0. The average molecular weight is 317 g/mol. The van der Waals surface area contributed by atoms with Crippen LogP contribution in [-0.2, 0) is 4.74 Å². The SMILES string of the molecule is C/C=C1/CC[C@H]2[C@@H]3CC[C@@H](C[C@]4(CCC)CO4)C[C@H]3CC[C@]12C. The van der Waals surface area contributed by atoms with E-state index in [0.717, 1.165) is 30.3 Å². The molecule has 0 bridgehead atoms. The second kappa shape index (κ2) is 5.90. The van der Waals surface area contributed by atoms with Crippen LogP contribution in [0.2, 0.25) is 0 Å². The molecule has 0 aromatic carbocycles. The van der Waals surface area contributed by atoms with E-state index in [2.05, 4.69) is 26.8 Å². The molecule has 0 N–H and O–H groups in total. The molecule has 3 saturated carbocycles. The second-order valence-electron chi connectivity index (χ2n) is 9.44. The van der Waals surface area contributed by atoms with Gasteiger partial charge in [0.05, 0.1) is 12.2 Å². The molecule has 4 aliphatic rings. The number of fused-ring (bicyclic) bond motifs is 3. The van der Waals surface area contributed by atoms with Gasteiger partial charge in [0.2, 0.25) is 0 Å². The highest BCUT2D eigenvalue weighted by Crippen LogP contribution is 2.62. The Hall–Kier alpha value is -0.300. The van der Waals surface area contributed by atoms with Gasteiger partial charge in [0.1, 0.15) is 0 Å². The van der Waals surface area contributed by atoms with Gasteiger partial charge in [0, 0.05) is 0 Å². The molecule has 0 unspecified atom stereocenters. The third-order valence-corrected chi connectivity index (χ3v) is 8.25. The van der Waals surface area contributed by atoms with Crippen molar-refractivity contribution < 1.29 is 4.74 Å². The maximum absolute atomic E-state index is 5.88. The topological polar surface area (TPSA) is 12.5 Å². The van der Waals surface area contributed by atoms with Crippen LogP contribution in [0, 0.1) is 29.1 Å². The zero-order chi connectivity index (χ0) is 16.1. The molecule has 1 nitrogen and oxygen atoms in total. The molecule has 1 heteroatoms. The summed E-state index contributed by atoms with van der Waals surface area (Å²) in [6, 6.07) is 0. The molecule has 0 aromatic heterocycles. The van der Waals surface area contributed by atoms with Crippen LogP contribution < -0.4 is 0 Å². The third-order valence-electron chi connectivity index (χ3n) is 8.25. The second-order valence-corrected chi connectivity index (χ2v) is 9.44. The van der Waals surface area contributed by atoms with E-state index >= 15 is 0 Å². The number of ether oxygens (including phenoxy) is 1. The Morgan fingerprint density at radius 3 is 2.74 bits per heavy atom. The lowest BCUT2D eigenvalue weighted by molar-refractivity contribution is 0.00860. The van der Waals surface area contributed by atoms with Crippen LogP contribution in [0.25, 0.3) is 0 Å². The highest BCUT2D eigenvalue weighted by Gasteiger charge is 2.53. The summed E-state index contributed by atoms with van der Waals surface area (Å²) >= 11 is 0. The van der Waals surface area contributed by atoms with Gasteiger partial charge in [0.15, 0.2) is 0 Å². The average Bonchev–Trinajstić information content (AvgIpc) is 3.20. The highest BCUT2D eigenvalue weighted by atomic mass is 16.6. The standard InChI is InChI=1S/C22H36O/c1-4-11-22(15-23-22)14-16-6-8-19-17(13-16)10-12-21(3)18(5-2)7-9-20(19)21/h5,16-17,19-20H,4,6-15H2,1-3H3/b18-5-/t16-,17-,19-,20+,21-,22-/m1/s1. The van der Waals surface area contributed by atoms with E-state index < -0.39 is 0 Å². The van der Waals surface area contributed by atoms with Gasteiger partial charge in [-0.1, -0.05) is 38.3 Å². The van der Waals surface area contributed by atoms with Gasteiger partial charge in [-0.15, -0.1) is 0 Å². The summed E-state index contributed by atoms with van der Waals surface area (Å²) in [4.78, 5) is 0. The van der Waals surface area contributed by atoms with E-state index in [0.29, 0.717) is 11.0 Å². The molecular weight excluding hydrogens is 280 g/mol. The van der Waals surface area contributed by atoms with Crippen molar-refractivity contribution in [3.63, 3.8) is 0 Å². The first kappa shape index (κ1) is 16.2. The fourth-order valence-electron chi connectivity index (χ4n) is 7.02. The first-order valence-corrected chi connectivity index (χ1v) is 10.4. The minimum absolute atomic E-state index is 0.320. The maximum Gasteiger partial charge on any atom is 0.0919 e. The van der Waals surface area contributed by atoms with Crippen molar-refractivity contribution in [3.8, 4) is 0 Å². The fraction of sp³-hybridized carbons (Fsp3) is 0.909. The van der Waals surface area contributed by atoms with E-state index in [4.69, 9.17) is 4.74 Å². The fourth-order valence-corrected chi connectivity index (χ4v) is 7.02. The Morgan fingerprint density at radius 1 is 1.22 bits per heavy atom. The lowest BCUT2D eigenvalue weighted by Crippen LogP contribution is -2.42. The number of hydrogen-bond donors (Lipinski definition) is 0. The molecule has 0 spiro atoms. The molecule has 4 fully saturated rings. The van der Waals surface area contributed by atoms with Crippen LogP contribution >= 0.6 is 0 Å². The predicted molar refractivity (Wildman–Crippen MR) is 96.4 cm³/mol. The Kier molecular flexibility index (Phi) is 4.15. The minimum atomic E-state index is 0.320. The normalized spacial score (nSPS) is 50.7. The van der Waals surface area contributed by atoms with E-state index in [1.54, 1.807) is 5.57 Å². The van der Waals surface area contributed by atoms with E-state index in [1.165, 1.54) is 64.2 Å². The number of hydrogen-bond acceptors (Lipinski definition) is 1.